The van der Waals surface area contributed by atoms with Gasteiger partial charge in [-0.15, -0.1) is 0 Å². The zero-order chi connectivity index (χ0) is 20.1. The number of aromatic amines is 1. The Balaban J connectivity index is 1.97. The fraction of sp³-hybridized carbons (Fsp3) is 0.238. The van der Waals surface area contributed by atoms with Crippen molar-refractivity contribution in [2.24, 2.45) is 0 Å². The van der Waals surface area contributed by atoms with Crippen LogP contribution in [0.25, 0.3) is 22.0 Å². The predicted octanol–water partition coefficient (Wildman–Crippen LogP) is 5.50. The minimum absolute atomic E-state index is 0.269. The van der Waals surface area contributed by atoms with Crippen molar-refractivity contribution in [2.45, 2.75) is 20.3 Å². The van der Waals surface area contributed by atoms with Gasteiger partial charge >= 0.3 is 0 Å². The van der Waals surface area contributed by atoms with Gasteiger partial charge in [0.2, 0.25) is 0 Å². The van der Waals surface area contributed by atoms with Crippen LogP contribution in [0.15, 0.2) is 41.2 Å². The molecule has 0 fully saturated rings. The van der Waals surface area contributed by atoms with Crippen LogP contribution >= 0.6 is 23.2 Å². The summed E-state index contributed by atoms with van der Waals surface area (Å²) in [7, 11) is 0. The van der Waals surface area contributed by atoms with Gasteiger partial charge in [0, 0.05) is 5.02 Å². The summed E-state index contributed by atoms with van der Waals surface area (Å²) < 4.78 is 11.4. The van der Waals surface area contributed by atoms with E-state index < -0.39 is 0 Å². The van der Waals surface area contributed by atoms with Gasteiger partial charge in [0.25, 0.3) is 5.56 Å². The molecule has 0 spiro atoms. The Morgan fingerprint density at radius 3 is 2.71 bits per heavy atom. The summed E-state index contributed by atoms with van der Waals surface area (Å²) in [5, 5.41) is 1.25. The first-order chi connectivity index (χ1) is 13.5. The van der Waals surface area contributed by atoms with Crippen molar-refractivity contribution in [3.8, 4) is 11.5 Å². The maximum Gasteiger partial charge on any atom is 0.259 e. The van der Waals surface area contributed by atoms with E-state index in [0.717, 1.165) is 12.0 Å². The van der Waals surface area contributed by atoms with Gasteiger partial charge in [0.05, 0.1) is 29.1 Å². The SMILES string of the molecule is CCCOc1ccc(/C=C(\Cl)c2nc3cc(Cl)ccc3c(=O)[nH]2)cc1OCC. The number of halogens is 2. The Kier molecular flexibility index (Phi) is 6.60. The number of hydrogen-bond acceptors (Lipinski definition) is 4. The molecular weight excluding hydrogens is 399 g/mol. The van der Waals surface area contributed by atoms with Gasteiger partial charge in [0.15, 0.2) is 17.3 Å². The highest BCUT2D eigenvalue weighted by atomic mass is 35.5. The standard InChI is InChI=1S/C21H20Cl2N2O3/c1-3-9-28-18-8-5-13(11-19(18)27-4-2)10-16(23)20-24-17-12-14(22)6-7-15(17)21(26)25-20/h5-8,10-12H,3-4,9H2,1-2H3,(H,24,25,26)/b16-10-. The molecule has 1 heterocycles. The lowest BCUT2D eigenvalue weighted by atomic mass is 10.1. The van der Waals surface area contributed by atoms with E-state index in [1.54, 1.807) is 24.3 Å². The second-order valence-electron chi connectivity index (χ2n) is 6.06. The quantitative estimate of drug-likeness (QED) is 0.549. The van der Waals surface area contributed by atoms with Gasteiger partial charge < -0.3 is 14.5 Å². The molecule has 0 aliphatic rings. The molecule has 3 rings (SSSR count). The van der Waals surface area contributed by atoms with Crippen LogP contribution in [-0.2, 0) is 0 Å². The molecule has 0 atom stereocenters. The lowest BCUT2D eigenvalue weighted by Crippen LogP contribution is -2.10. The fourth-order valence-corrected chi connectivity index (χ4v) is 3.04. The number of hydrogen-bond donors (Lipinski definition) is 1. The molecule has 0 saturated carbocycles. The molecule has 0 amide bonds. The Labute approximate surface area is 172 Å². The summed E-state index contributed by atoms with van der Waals surface area (Å²) in [5.74, 6) is 1.59. The van der Waals surface area contributed by atoms with E-state index in [2.05, 4.69) is 9.97 Å². The fourth-order valence-electron chi connectivity index (χ4n) is 2.65. The van der Waals surface area contributed by atoms with Crippen molar-refractivity contribution in [1.82, 2.24) is 9.97 Å². The highest BCUT2D eigenvalue weighted by molar-refractivity contribution is 6.50. The van der Waals surface area contributed by atoms with Crippen molar-refractivity contribution in [1.29, 1.82) is 0 Å². The Hall–Kier alpha value is -2.50. The predicted molar refractivity (Wildman–Crippen MR) is 114 cm³/mol. The van der Waals surface area contributed by atoms with Gasteiger partial charge in [-0.25, -0.2) is 4.98 Å². The van der Waals surface area contributed by atoms with E-state index in [1.807, 2.05) is 32.0 Å². The van der Waals surface area contributed by atoms with E-state index in [-0.39, 0.29) is 11.4 Å². The number of benzene rings is 2. The molecule has 0 aliphatic carbocycles. The molecule has 5 nitrogen and oxygen atoms in total. The van der Waals surface area contributed by atoms with Gasteiger partial charge in [-0.3, -0.25) is 4.79 Å². The summed E-state index contributed by atoms with van der Waals surface area (Å²) in [6.07, 6.45) is 2.62. The molecule has 2 aromatic carbocycles. The summed E-state index contributed by atoms with van der Waals surface area (Å²) in [4.78, 5) is 19.4. The zero-order valence-electron chi connectivity index (χ0n) is 15.6. The molecule has 28 heavy (non-hydrogen) atoms. The third kappa shape index (κ3) is 4.66. The molecule has 0 unspecified atom stereocenters. The van der Waals surface area contributed by atoms with E-state index in [9.17, 15) is 4.79 Å². The Bertz CT molecular complexity index is 1080. The number of nitrogens with one attached hydrogen (secondary N) is 1. The molecule has 7 heteroatoms. The molecule has 1 aromatic heterocycles. The Morgan fingerprint density at radius 2 is 1.96 bits per heavy atom. The normalized spacial score (nSPS) is 11.6. The first kappa shape index (κ1) is 20.2. The van der Waals surface area contributed by atoms with Crippen molar-refractivity contribution >= 4 is 45.2 Å². The van der Waals surface area contributed by atoms with Crippen LogP contribution in [-0.4, -0.2) is 23.2 Å². The zero-order valence-corrected chi connectivity index (χ0v) is 17.1. The maximum atomic E-state index is 12.3. The van der Waals surface area contributed by atoms with Crippen LogP contribution in [0.4, 0.5) is 0 Å². The lowest BCUT2D eigenvalue weighted by Gasteiger charge is -2.12. The highest BCUT2D eigenvalue weighted by Gasteiger charge is 2.10. The van der Waals surface area contributed by atoms with Crippen LogP contribution in [0.5, 0.6) is 11.5 Å². The molecular formula is C21H20Cl2N2O3. The van der Waals surface area contributed by atoms with Gasteiger partial charge in [-0.05, 0) is 55.3 Å². The lowest BCUT2D eigenvalue weighted by molar-refractivity contribution is 0.277. The van der Waals surface area contributed by atoms with E-state index in [4.69, 9.17) is 32.7 Å². The van der Waals surface area contributed by atoms with Gasteiger partial charge in [0.1, 0.15) is 0 Å². The molecule has 0 saturated heterocycles. The first-order valence-electron chi connectivity index (χ1n) is 8.98. The summed E-state index contributed by atoms with van der Waals surface area (Å²) in [6, 6.07) is 10.5. The van der Waals surface area contributed by atoms with Crippen molar-refractivity contribution in [3.05, 3.63) is 63.2 Å². The summed E-state index contributed by atoms with van der Waals surface area (Å²) in [5.41, 5.74) is 1.00. The highest BCUT2D eigenvalue weighted by Crippen LogP contribution is 2.31. The van der Waals surface area contributed by atoms with Gasteiger partial charge in [-0.1, -0.05) is 36.2 Å². The smallest absolute Gasteiger partial charge is 0.259 e. The van der Waals surface area contributed by atoms with Crippen molar-refractivity contribution in [2.75, 3.05) is 13.2 Å². The Morgan fingerprint density at radius 1 is 1.14 bits per heavy atom. The minimum Gasteiger partial charge on any atom is -0.490 e. The van der Waals surface area contributed by atoms with Gasteiger partial charge in [-0.2, -0.15) is 0 Å². The second-order valence-corrected chi connectivity index (χ2v) is 6.90. The topological polar surface area (TPSA) is 64.2 Å². The number of aromatic nitrogens is 2. The first-order valence-corrected chi connectivity index (χ1v) is 9.74. The van der Waals surface area contributed by atoms with Crippen LogP contribution in [0, 0.1) is 0 Å². The molecule has 0 aliphatic heterocycles. The third-order valence-electron chi connectivity index (χ3n) is 3.92. The average Bonchev–Trinajstić information content (AvgIpc) is 2.67. The molecule has 0 bridgehead atoms. The maximum absolute atomic E-state index is 12.3. The number of rotatable bonds is 7. The monoisotopic (exact) mass is 418 g/mol. The van der Waals surface area contributed by atoms with Crippen molar-refractivity contribution in [3.63, 3.8) is 0 Å². The van der Waals surface area contributed by atoms with E-state index in [1.165, 1.54) is 0 Å². The third-order valence-corrected chi connectivity index (χ3v) is 4.44. The number of nitrogens with zero attached hydrogens (tertiary/aromatic N) is 1. The molecule has 1 N–H and O–H groups in total. The molecule has 0 radical (unpaired) electrons. The summed E-state index contributed by atoms with van der Waals surface area (Å²) in [6.45, 7) is 5.08. The van der Waals surface area contributed by atoms with Crippen LogP contribution in [0.3, 0.4) is 0 Å². The van der Waals surface area contributed by atoms with Crippen LogP contribution in [0.2, 0.25) is 5.02 Å². The number of fused-ring (bicyclic) bond motifs is 1. The van der Waals surface area contributed by atoms with E-state index >= 15 is 0 Å². The van der Waals surface area contributed by atoms with Crippen LogP contribution < -0.4 is 15.0 Å². The number of H-pyrrole nitrogens is 1. The molecule has 146 valence electrons. The molecule has 3 aromatic rings. The average molecular weight is 419 g/mol. The summed E-state index contributed by atoms with van der Waals surface area (Å²) >= 11 is 12.4. The van der Waals surface area contributed by atoms with E-state index in [0.29, 0.717) is 45.7 Å². The van der Waals surface area contributed by atoms with Crippen molar-refractivity contribution < 1.29 is 9.47 Å². The minimum atomic E-state index is -0.276. The number of ether oxygens (including phenoxy) is 2. The largest absolute Gasteiger partial charge is 0.490 e. The van der Waals surface area contributed by atoms with Crippen LogP contribution in [0.1, 0.15) is 31.7 Å². The second kappa shape index (κ2) is 9.13.